The van der Waals surface area contributed by atoms with E-state index in [4.69, 9.17) is 10.00 Å². The molecular formula is C29H33F2NO2. The summed E-state index contributed by atoms with van der Waals surface area (Å²) in [4.78, 5) is 12.5. The maximum absolute atomic E-state index is 15.1. The van der Waals surface area contributed by atoms with Crippen LogP contribution in [0, 0.1) is 40.7 Å². The van der Waals surface area contributed by atoms with Gasteiger partial charge in [-0.05, 0) is 92.2 Å². The second-order valence-electron chi connectivity index (χ2n) is 10.1. The third-order valence-electron chi connectivity index (χ3n) is 7.85. The van der Waals surface area contributed by atoms with E-state index in [2.05, 4.69) is 6.92 Å². The highest BCUT2D eigenvalue weighted by atomic mass is 19.1. The van der Waals surface area contributed by atoms with Gasteiger partial charge in [0.1, 0.15) is 17.4 Å². The Kier molecular flexibility index (Phi) is 7.98. The minimum atomic E-state index is -0.820. The number of nitriles is 1. The fourth-order valence-corrected chi connectivity index (χ4v) is 6.05. The van der Waals surface area contributed by atoms with Gasteiger partial charge in [0.25, 0.3) is 0 Å². The molecule has 0 saturated heterocycles. The minimum Gasteiger partial charge on any atom is -0.423 e. The smallest absolute Gasteiger partial charge is 0.343 e. The topological polar surface area (TPSA) is 50.1 Å². The first-order valence-electron chi connectivity index (χ1n) is 12.7. The summed E-state index contributed by atoms with van der Waals surface area (Å²) < 4.78 is 35.4. The quantitative estimate of drug-likeness (QED) is 0.237. The Morgan fingerprint density at radius 2 is 1.68 bits per heavy atom. The summed E-state index contributed by atoms with van der Waals surface area (Å²) >= 11 is 0. The van der Waals surface area contributed by atoms with E-state index in [0.717, 1.165) is 43.7 Å². The van der Waals surface area contributed by atoms with E-state index in [1.807, 2.05) is 6.07 Å². The SMILES string of the molecule is CCCCCC1CCC2CC(c3c(F)cc(C(=O)Oc4ccc(C#N)cc4)cc3F)CCC2C1. The number of esters is 1. The van der Waals surface area contributed by atoms with Crippen molar-refractivity contribution in [2.75, 3.05) is 0 Å². The van der Waals surface area contributed by atoms with Gasteiger partial charge in [-0.3, -0.25) is 0 Å². The van der Waals surface area contributed by atoms with Crippen molar-refractivity contribution in [3.8, 4) is 11.8 Å². The van der Waals surface area contributed by atoms with Crippen LogP contribution in [0.2, 0.25) is 0 Å². The van der Waals surface area contributed by atoms with Crippen LogP contribution in [0.5, 0.6) is 5.75 Å². The van der Waals surface area contributed by atoms with Crippen molar-refractivity contribution >= 4 is 5.97 Å². The number of nitrogens with zero attached hydrogens (tertiary/aromatic N) is 1. The van der Waals surface area contributed by atoms with Gasteiger partial charge in [-0.1, -0.05) is 39.0 Å². The van der Waals surface area contributed by atoms with Crippen LogP contribution >= 0.6 is 0 Å². The maximum atomic E-state index is 15.1. The summed E-state index contributed by atoms with van der Waals surface area (Å²) in [5.74, 6) is -0.0187. The fourth-order valence-electron chi connectivity index (χ4n) is 6.05. The molecule has 2 aromatic carbocycles. The van der Waals surface area contributed by atoms with Crippen LogP contribution in [0.1, 0.15) is 98.5 Å². The molecule has 0 heterocycles. The number of hydrogen-bond donors (Lipinski definition) is 0. The molecule has 0 bridgehead atoms. The lowest BCUT2D eigenvalue weighted by Crippen LogP contribution is -2.31. The Morgan fingerprint density at radius 1 is 1.00 bits per heavy atom. The molecule has 5 heteroatoms. The van der Waals surface area contributed by atoms with Crippen molar-refractivity contribution in [3.63, 3.8) is 0 Å². The summed E-state index contributed by atoms with van der Waals surface area (Å²) in [7, 11) is 0. The fraction of sp³-hybridized carbons (Fsp3) is 0.517. The third kappa shape index (κ3) is 5.66. The van der Waals surface area contributed by atoms with Crippen molar-refractivity contribution in [1.82, 2.24) is 0 Å². The highest BCUT2D eigenvalue weighted by molar-refractivity contribution is 5.91. The Morgan fingerprint density at radius 3 is 2.35 bits per heavy atom. The van der Waals surface area contributed by atoms with Crippen molar-refractivity contribution in [2.24, 2.45) is 17.8 Å². The molecule has 0 spiro atoms. The molecule has 0 aliphatic heterocycles. The Bertz CT molecular complexity index is 1020. The molecule has 0 amide bonds. The van der Waals surface area contributed by atoms with Crippen LogP contribution in [0.3, 0.4) is 0 Å². The molecule has 2 fully saturated rings. The summed E-state index contributed by atoms with van der Waals surface area (Å²) in [6.45, 7) is 2.24. The number of hydrogen-bond acceptors (Lipinski definition) is 3. The summed E-state index contributed by atoms with van der Waals surface area (Å²) in [5.41, 5.74) is 0.406. The molecule has 2 aliphatic rings. The zero-order valence-corrected chi connectivity index (χ0v) is 19.9. The van der Waals surface area contributed by atoms with Crippen molar-refractivity contribution in [3.05, 3.63) is 64.7 Å². The van der Waals surface area contributed by atoms with Crippen molar-refractivity contribution in [2.45, 2.75) is 77.0 Å². The molecule has 0 aromatic heterocycles. The predicted octanol–water partition coefficient (Wildman–Crippen LogP) is 7.94. The number of carbonyl (C=O) groups excluding carboxylic acids is 1. The molecule has 3 nitrogen and oxygen atoms in total. The van der Waals surface area contributed by atoms with Crippen LogP contribution in [-0.2, 0) is 0 Å². The molecule has 4 atom stereocenters. The van der Waals surface area contributed by atoms with Crippen molar-refractivity contribution in [1.29, 1.82) is 5.26 Å². The average molecular weight is 466 g/mol. The molecule has 0 radical (unpaired) electrons. The summed E-state index contributed by atoms with van der Waals surface area (Å²) in [6, 6.07) is 10.2. The van der Waals surface area contributed by atoms with Gasteiger partial charge in [-0.2, -0.15) is 5.26 Å². The second-order valence-corrected chi connectivity index (χ2v) is 10.1. The average Bonchev–Trinajstić information content (AvgIpc) is 2.84. The van der Waals surface area contributed by atoms with Gasteiger partial charge in [0.15, 0.2) is 0 Å². The molecule has 2 aromatic rings. The number of halogens is 2. The van der Waals surface area contributed by atoms with E-state index in [1.165, 1.54) is 62.8 Å². The van der Waals surface area contributed by atoms with Crippen molar-refractivity contribution < 1.29 is 18.3 Å². The second kappa shape index (κ2) is 11.1. The number of fused-ring (bicyclic) bond motifs is 1. The van der Waals surface area contributed by atoms with E-state index < -0.39 is 17.6 Å². The predicted molar refractivity (Wildman–Crippen MR) is 128 cm³/mol. The summed E-state index contributed by atoms with van der Waals surface area (Å²) in [6.07, 6.45) is 11.5. The number of benzene rings is 2. The standard InChI is InChI=1S/C29H33F2NO2/c1-2-3-4-5-19-6-9-22-15-23(11-10-21(22)14-19)28-26(30)16-24(17-27(28)31)29(33)34-25-12-7-20(18-32)8-13-25/h7-8,12-13,16-17,19,21-23H,2-6,9-11,14-15H2,1H3. The number of rotatable bonds is 7. The van der Waals surface area contributed by atoms with Gasteiger partial charge in [0.05, 0.1) is 17.2 Å². The summed E-state index contributed by atoms with van der Waals surface area (Å²) in [5, 5.41) is 8.86. The monoisotopic (exact) mass is 465 g/mol. The molecule has 2 aliphatic carbocycles. The van der Waals surface area contributed by atoms with Gasteiger partial charge in [0, 0.05) is 5.56 Å². The highest BCUT2D eigenvalue weighted by Gasteiger charge is 2.37. The first-order valence-corrected chi connectivity index (χ1v) is 12.7. The van der Waals surface area contributed by atoms with Crippen LogP contribution < -0.4 is 4.74 Å². The Balaban J connectivity index is 1.39. The van der Waals surface area contributed by atoms with E-state index in [-0.39, 0.29) is 22.8 Å². The van der Waals surface area contributed by atoms with Crippen LogP contribution in [0.4, 0.5) is 8.78 Å². The van der Waals surface area contributed by atoms with Crippen LogP contribution in [0.25, 0.3) is 0 Å². The molecule has 4 rings (SSSR count). The number of unbranched alkanes of at least 4 members (excludes halogenated alkanes) is 2. The normalized spacial score (nSPS) is 24.2. The Hall–Kier alpha value is -2.74. The molecule has 0 N–H and O–H groups in total. The molecule has 34 heavy (non-hydrogen) atoms. The van der Waals surface area contributed by atoms with Gasteiger partial charge >= 0.3 is 5.97 Å². The zero-order chi connectivity index (χ0) is 24.1. The number of carbonyl (C=O) groups is 1. The largest absolute Gasteiger partial charge is 0.423 e. The maximum Gasteiger partial charge on any atom is 0.343 e. The van der Waals surface area contributed by atoms with Gasteiger partial charge < -0.3 is 4.74 Å². The molecule has 2 saturated carbocycles. The van der Waals surface area contributed by atoms with E-state index in [1.54, 1.807) is 0 Å². The molecule has 180 valence electrons. The number of ether oxygens (including phenoxy) is 1. The third-order valence-corrected chi connectivity index (χ3v) is 7.85. The molecular weight excluding hydrogens is 432 g/mol. The first-order chi connectivity index (χ1) is 16.5. The zero-order valence-electron chi connectivity index (χ0n) is 19.9. The van der Waals surface area contributed by atoms with E-state index in [9.17, 15) is 4.79 Å². The lowest BCUT2D eigenvalue weighted by atomic mass is 9.63. The minimum absolute atomic E-state index is 0.124. The van der Waals surface area contributed by atoms with E-state index in [0.29, 0.717) is 17.4 Å². The highest BCUT2D eigenvalue weighted by Crippen LogP contribution is 2.49. The van der Waals surface area contributed by atoms with Gasteiger partial charge in [0.2, 0.25) is 0 Å². The van der Waals surface area contributed by atoms with Gasteiger partial charge in [-0.25, -0.2) is 13.6 Å². The van der Waals surface area contributed by atoms with Crippen LogP contribution in [-0.4, -0.2) is 5.97 Å². The lowest BCUT2D eigenvalue weighted by molar-refractivity contribution is 0.0733. The Labute approximate surface area is 201 Å². The van der Waals surface area contributed by atoms with E-state index >= 15 is 8.78 Å². The molecule has 4 unspecified atom stereocenters. The van der Waals surface area contributed by atoms with Crippen LogP contribution in [0.15, 0.2) is 36.4 Å². The van der Waals surface area contributed by atoms with Gasteiger partial charge in [-0.15, -0.1) is 0 Å². The first kappa shape index (κ1) is 24.4. The lowest BCUT2D eigenvalue weighted by Gasteiger charge is -2.42.